The van der Waals surface area contributed by atoms with Gasteiger partial charge in [-0.1, -0.05) is 43.1 Å². The Hall–Kier alpha value is -1.28. The Morgan fingerprint density at radius 3 is 2.06 bits per heavy atom. The first kappa shape index (κ1) is 14.8. The van der Waals surface area contributed by atoms with Gasteiger partial charge < -0.3 is 4.52 Å². The molecule has 1 heterocycles. The smallest absolute Gasteiger partial charge is 0.133 e. The molecule has 0 saturated carbocycles. The van der Waals surface area contributed by atoms with Crippen molar-refractivity contribution in [1.82, 2.24) is 5.16 Å². The first-order chi connectivity index (χ1) is 8.77. The molecule has 3 heteroatoms. The summed E-state index contributed by atoms with van der Waals surface area (Å²) >= 11 is 5.38. The van der Waals surface area contributed by atoms with Crippen LogP contribution in [0.1, 0.15) is 31.9 Å². The number of aromatic nitrogens is 1. The van der Waals surface area contributed by atoms with E-state index in [1.807, 2.05) is 6.92 Å². The zero-order valence-electron chi connectivity index (χ0n) is 11.0. The average Bonchev–Trinajstić information content (AvgIpc) is 2.81. The monoisotopic (exact) mass is 265 g/mol. The number of aryl methyl sites for hydroxylation is 1. The zero-order chi connectivity index (χ0) is 13.2. The largest absolute Gasteiger partial charge is 0.362 e. The molecule has 0 N–H and O–H groups in total. The van der Waals surface area contributed by atoms with Gasteiger partial charge in [0.15, 0.2) is 0 Å². The summed E-state index contributed by atoms with van der Waals surface area (Å²) in [5.41, 5.74) is 2.85. The van der Waals surface area contributed by atoms with Crippen LogP contribution < -0.4 is 0 Å². The van der Waals surface area contributed by atoms with Crippen molar-refractivity contribution < 1.29 is 4.52 Å². The predicted octanol–water partition coefficient (Wildman–Crippen LogP) is 5.07. The van der Waals surface area contributed by atoms with Gasteiger partial charge in [0.2, 0.25) is 0 Å². The van der Waals surface area contributed by atoms with Crippen LogP contribution in [0.4, 0.5) is 0 Å². The fraction of sp³-hybridized carbons (Fsp3) is 0.400. The maximum atomic E-state index is 5.38. The highest BCUT2D eigenvalue weighted by Gasteiger charge is 2.06. The van der Waals surface area contributed by atoms with Gasteiger partial charge in [-0.15, -0.1) is 11.6 Å². The molecule has 0 spiro atoms. The summed E-state index contributed by atoms with van der Waals surface area (Å²) in [6.45, 7) is 4.03. The number of unbranched alkanes of at least 4 members (excludes halogenated alkanes) is 2. The van der Waals surface area contributed by atoms with E-state index < -0.39 is 0 Å². The second kappa shape index (κ2) is 8.76. The number of benzene rings is 1. The molecule has 0 atom stereocenters. The van der Waals surface area contributed by atoms with E-state index in [9.17, 15) is 0 Å². The number of hydrogen-bond donors (Lipinski definition) is 0. The first-order valence-corrected chi connectivity index (χ1v) is 6.85. The molecule has 3 rings (SSSR count). The molecule has 0 aliphatic heterocycles. The molecule has 0 amide bonds. The number of rotatable bonds is 3. The summed E-state index contributed by atoms with van der Waals surface area (Å²) in [5.74, 6) is 1.68. The molecular formula is C15H20ClNO. The molecule has 1 aromatic heterocycles. The lowest BCUT2D eigenvalue weighted by Crippen LogP contribution is -1.70. The van der Waals surface area contributed by atoms with E-state index in [2.05, 4.69) is 40.9 Å². The van der Waals surface area contributed by atoms with E-state index in [1.165, 1.54) is 30.4 Å². The normalized spacial score (nSPS) is 9.72. The van der Waals surface area contributed by atoms with E-state index in [1.54, 1.807) is 12.3 Å². The molecule has 2 aliphatic rings. The lowest BCUT2D eigenvalue weighted by molar-refractivity contribution is 0.397. The lowest BCUT2D eigenvalue weighted by Gasteiger charge is -1.84. The molecule has 1 aromatic rings. The molecule has 0 bridgehead atoms. The molecule has 0 unspecified atom stereocenters. The second-order valence-electron chi connectivity index (χ2n) is 4.10. The average molecular weight is 266 g/mol. The number of nitrogens with zero attached hydrogens (tertiary/aromatic N) is 1. The van der Waals surface area contributed by atoms with E-state index in [-0.39, 0.29) is 0 Å². The van der Waals surface area contributed by atoms with Gasteiger partial charge in [0, 0.05) is 11.9 Å². The predicted molar refractivity (Wildman–Crippen MR) is 76.9 cm³/mol. The van der Waals surface area contributed by atoms with E-state index >= 15 is 0 Å². The third kappa shape index (κ3) is 6.45. The highest BCUT2D eigenvalue weighted by atomic mass is 35.5. The second-order valence-corrected chi connectivity index (χ2v) is 4.48. The molecular weight excluding hydrogens is 246 g/mol. The molecule has 0 radical (unpaired) electrons. The van der Waals surface area contributed by atoms with Gasteiger partial charge in [0.1, 0.15) is 5.76 Å². The van der Waals surface area contributed by atoms with Crippen molar-refractivity contribution >= 4 is 11.6 Å². The first-order valence-electron chi connectivity index (χ1n) is 6.31. The third-order valence-corrected chi connectivity index (χ3v) is 2.68. The summed E-state index contributed by atoms with van der Waals surface area (Å²) in [5, 5.41) is 3.45. The van der Waals surface area contributed by atoms with Gasteiger partial charge in [-0.25, -0.2) is 0 Å². The minimum absolute atomic E-state index is 0.827. The SMILES string of the molecule is CCCCCCl.Cc1ccno1.c1cc2cc-2c1. The molecule has 2 nitrogen and oxygen atoms in total. The molecule has 0 fully saturated rings. The Labute approximate surface area is 114 Å². The van der Waals surface area contributed by atoms with Crippen molar-refractivity contribution in [1.29, 1.82) is 0 Å². The Bertz CT molecular complexity index is 405. The van der Waals surface area contributed by atoms with Crippen molar-refractivity contribution in [3.8, 4) is 11.1 Å². The summed E-state index contributed by atoms with van der Waals surface area (Å²) in [7, 11) is 0. The third-order valence-electron chi connectivity index (χ3n) is 2.42. The van der Waals surface area contributed by atoms with Crippen LogP contribution in [0.5, 0.6) is 0 Å². The van der Waals surface area contributed by atoms with Crippen molar-refractivity contribution in [2.75, 3.05) is 5.88 Å². The fourth-order valence-corrected chi connectivity index (χ4v) is 1.49. The standard InChI is InChI=1S/C6H4.C5H11Cl.C4H5NO/c1-2-5-4-6(5)3-1;1-2-3-4-5-6;1-4-2-3-5-6-4/h1-4H;2-5H2,1H3;2-3H,1H3. The Morgan fingerprint density at radius 2 is 1.89 bits per heavy atom. The Balaban J connectivity index is 0.000000135. The number of hydrogen-bond acceptors (Lipinski definition) is 2. The van der Waals surface area contributed by atoms with Gasteiger partial charge >= 0.3 is 0 Å². The van der Waals surface area contributed by atoms with Crippen molar-refractivity contribution in [2.45, 2.75) is 33.1 Å². The van der Waals surface area contributed by atoms with Crippen LogP contribution in [0, 0.1) is 6.92 Å². The summed E-state index contributed by atoms with van der Waals surface area (Å²) < 4.78 is 4.58. The molecule has 0 saturated heterocycles. The van der Waals surface area contributed by atoms with Crippen LogP contribution in [0.25, 0.3) is 11.1 Å². The molecule has 98 valence electrons. The minimum atomic E-state index is 0.827. The summed E-state index contributed by atoms with van der Waals surface area (Å²) in [4.78, 5) is 0. The number of alkyl halides is 1. The fourth-order valence-electron chi connectivity index (χ4n) is 1.30. The topological polar surface area (TPSA) is 26.0 Å². The van der Waals surface area contributed by atoms with Crippen molar-refractivity contribution in [2.24, 2.45) is 0 Å². The Kier molecular flexibility index (Phi) is 7.19. The maximum Gasteiger partial charge on any atom is 0.133 e. The zero-order valence-corrected chi connectivity index (χ0v) is 11.8. The Morgan fingerprint density at radius 1 is 1.17 bits per heavy atom. The van der Waals surface area contributed by atoms with Gasteiger partial charge in [-0.3, -0.25) is 0 Å². The van der Waals surface area contributed by atoms with E-state index in [0.29, 0.717) is 0 Å². The van der Waals surface area contributed by atoms with Crippen LogP contribution >= 0.6 is 11.6 Å². The lowest BCUT2D eigenvalue weighted by atomic mass is 10.3. The van der Waals surface area contributed by atoms with Crippen molar-refractivity contribution in [3.05, 3.63) is 42.3 Å². The van der Waals surface area contributed by atoms with Crippen LogP contribution in [-0.2, 0) is 0 Å². The molecule has 0 aromatic carbocycles. The van der Waals surface area contributed by atoms with Crippen LogP contribution in [0.15, 0.2) is 41.1 Å². The molecule has 18 heavy (non-hydrogen) atoms. The maximum absolute atomic E-state index is 5.38. The van der Waals surface area contributed by atoms with E-state index in [0.717, 1.165) is 11.6 Å². The van der Waals surface area contributed by atoms with Crippen molar-refractivity contribution in [3.63, 3.8) is 0 Å². The highest BCUT2D eigenvalue weighted by molar-refractivity contribution is 6.17. The minimum Gasteiger partial charge on any atom is -0.362 e. The van der Waals surface area contributed by atoms with Gasteiger partial charge in [0.25, 0.3) is 0 Å². The molecule has 2 aliphatic carbocycles. The van der Waals surface area contributed by atoms with Gasteiger partial charge in [-0.05, 0) is 30.5 Å². The number of halogens is 1. The van der Waals surface area contributed by atoms with Gasteiger partial charge in [-0.2, -0.15) is 0 Å². The quantitative estimate of drug-likeness (QED) is 0.488. The summed E-state index contributed by atoms with van der Waals surface area (Å²) in [6, 6.07) is 10.3. The van der Waals surface area contributed by atoms with Crippen LogP contribution in [0.2, 0.25) is 0 Å². The summed E-state index contributed by atoms with van der Waals surface area (Å²) in [6.07, 6.45) is 5.35. The van der Waals surface area contributed by atoms with Crippen LogP contribution in [0.3, 0.4) is 0 Å². The number of fused-ring (bicyclic) bond motifs is 1. The van der Waals surface area contributed by atoms with Crippen LogP contribution in [-0.4, -0.2) is 11.0 Å². The van der Waals surface area contributed by atoms with E-state index in [4.69, 9.17) is 11.6 Å². The van der Waals surface area contributed by atoms with Gasteiger partial charge in [0.05, 0.1) is 6.20 Å². The highest BCUT2D eigenvalue weighted by Crippen LogP contribution is 2.32.